The zero-order valence-corrected chi connectivity index (χ0v) is 15.4. The molecular weight excluding hydrogens is 318 g/mol. The molecule has 0 radical (unpaired) electrons. The van der Waals surface area contributed by atoms with Crippen LogP contribution in [0.15, 0.2) is 24.3 Å². The fourth-order valence-corrected chi connectivity index (χ4v) is 2.54. The number of aromatic nitrogens is 4. The summed E-state index contributed by atoms with van der Waals surface area (Å²) in [6.07, 6.45) is 3.26. The normalized spacial score (nSPS) is 12.2. The number of carbonyl (C=O) groups excluding carboxylic acids is 1. The van der Waals surface area contributed by atoms with Gasteiger partial charge in [-0.05, 0) is 36.6 Å². The van der Waals surface area contributed by atoms with Gasteiger partial charge in [-0.3, -0.25) is 4.79 Å². The van der Waals surface area contributed by atoms with Gasteiger partial charge in [0.25, 0.3) is 0 Å². The van der Waals surface area contributed by atoms with Crippen molar-refractivity contribution in [1.82, 2.24) is 25.5 Å². The Kier molecular flexibility index (Phi) is 6.91. The lowest BCUT2D eigenvalue weighted by atomic mass is 10.0. The highest BCUT2D eigenvalue weighted by molar-refractivity contribution is 5.75. The predicted molar refractivity (Wildman–Crippen MR) is 96.1 cm³/mol. The third-order valence-corrected chi connectivity index (χ3v) is 3.89. The summed E-state index contributed by atoms with van der Waals surface area (Å²) >= 11 is 0. The molecule has 25 heavy (non-hydrogen) atoms. The third kappa shape index (κ3) is 6.17. The van der Waals surface area contributed by atoms with Crippen LogP contribution in [0.2, 0.25) is 0 Å². The van der Waals surface area contributed by atoms with Gasteiger partial charge in [0, 0.05) is 11.6 Å². The first-order chi connectivity index (χ1) is 12.0. The van der Waals surface area contributed by atoms with Crippen molar-refractivity contribution < 1.29 is 9.53 Å². The van der Waals surface area contributed by atoms with E-state index in [0.717, 1.165) is 24.2 Å². The molecule has 0 aliphatic heterocycles. The standard InChI is InChI=1S/C18H27N5O2/c1-13(2)7-5-8-14(3)19-17(24)12-23-21-18(20-22-23)15-9-6-10-16(11-15)25-4/h6,9-11,13-14H,5,7-8,12H2,1-4H3,(H,19,24). The molecule has 0 spiro atoms. The van der Waals surface area contributed by atoms with Crippen molar-refractivity contribution in [3.8, 4) is 17.1 Å². The summed E-state index contributed by atoms with van der Waals surface area (Å²) in [5, 5.41) is 15.2. The molecule has 0 saturated carbocycles. The van der Waals surface area contributed by atoms with E-state index in [2.05, 4.69) is 34.6 Å². The maximum Gasteiger partial charge on any atom is 0.243 e. The van der Waals surface area contributed by atoms with Crippen molar-refractivity contribution >= 4 is 5.91 Å². The van der Waals surface area contributed by atoms with Gasteiger partial charge in [-0.2, -0.15) is 4.80 Å². The Morgan fingerprint density at radius 2 is 2.08 bits per heavy atom. The Balaban J connectivity index is 1.86. The largest absolute Gasteiger partial charge is 0.497 e. The van der Waals surface area contributed by atoms with Gasteiger partial charge in [-0.15, -0.1) is 10.2 Å². The van der Waals surface area contributed by atoms with Crippen LogP contribution in [0.4, 0.5) is 0 Å². The van der Waals surface area contributed by atoms with Gasteiger partial charge >= 0.3 is 0 Å². The van der Waals surface area contributed by atoms with Crippen molar-refractivity contribution in [1.29, 1.82) is 0 Å². The molecule has 0 bridgehead atoms. The molecule has 1 unspecified atom stereocenters. The highest BCUT2D eigenvalue weighted by Crippen LogP contribution is 2.19. The Labute approximate surface area is 148 Å². The summed E-state index contributed by atoms with van der Waals surface area (Å²) in [5.41, 5.74) is 0.799. The number of nitrogens with zero attached hydrogens (tertiary/aromatic N) is 4. The maximum absolute atomic E-state index is 12.1. The quantitative estimate of drug-likeness (QED) is 0.755. The molecule has 1 amide bonds. The number of rotatable bonds is 9. The van der Waals surface area contributed by atoms with Crippen LogP contribution in [0.5, 0.6) is 5.75 Å². The average molecular weight is 345 g/mol. The lowest BCUT2D eigenvalue weighted by Gasteiger charge is -2.14. The van der Waals surface area contributed by atoms with Crippen LogP contribution in [0.25, 0.3) is 11.4 Å². The number of tetrazole rings is 1. The minimum atomic E-state index is -0.105. The molecule has 7 heteroatoms. The second-order valence-electron chi connectivity index (χ2n) is 6.67. The van der Waals surface area contributed by atoms with Crippen molar-refractivity contribution in [2.24, 2.45) is 5.92 Å². The number of methoxy groups -OCH3 is 1. The molecule has 0 fully saturated rings. The van der Waals surface area contributed by atoms with Crippen LogP contribution in [-0.2, 0) is 11.3 Å². The SMILES string of the molecule is COc1cccc(-c2nnn(CC(=O)NC(C)CCCC(C)C)n2)c1. The first-order valence-corrected chi connectivity index (χ1v) is 8.69. The van der Waals surface area contributed by atoms with E-state index < -0.39 is 0 Å². The minimum Gasteiger partial charge on any atom is -0.497 e. The van der Waals surface area contributed by atoms with Crippen molar-refractivity contribution in [3.05, 3.63) is 24.3 Å². The maximum atomic E-state index is 12.1. The number of carbonyl (C=O) groups is 1. The smallest absolute Gasteiger partial charge is 0.243 e. The number of hydrogen-bond donors (Lipinski definition) is 1. The number of nitrogens with one attached hydrogen (secondary N) is 1. The van der Waals surface area contributed by atoms with Gasteiger partial charge in [0.1, 0.15) is 12.3 Å². The topological polar surface area (TPSA) is 81.9 Å². The summed E-state index contributed by atoms with van der Waals surface area (Å²) in [7, 11) is 1.61. The van der Waals surface area contributed by atoms with E-state index in [1.54, 1.807) is 7.11 Å². The van der Waals surface area contributed by atoms with Crippen LogP contribution < -0.4 is 10.1 Å². The molecule has 7 nitrogen and oxygen atoms in total. The van der Waals surface area contributed by atoms with E-state index in [4.69, 9.17) is 4.74 Å². The molecule has 136 valence electrons. The second-order valence-corrected chi connectivity index (χ2v) is 6.67. The number of amides is 1. The molecule has 2 aromatic rings. The fourth-order valence-electron chi connectivity index (χ4n) is 2.54. The molecule has 1 N–H and O–H groups in total. The Morgan fingerprint density at radius 3 is 2.80 bits per heavy atom. The number of hydrogen-bond acceptors (Lipinski definition) is 5. The van der Waals surface area contributed by atoms with E-state index in [0.29, 0.717) is 11.7 Å². The highest BCUT2D eigenvalue weighted by Gasteiger charge is 2.12. The van der Waals surface area contributed by atoms with E-state index in [1.165, 1.54) is 11.2 Å². The summed E-state index contributed by atoms with van der Waals surface area (Å²) in [4.78, 5) is 13.4. The van der Waals surface area contributed by atoms with E-state index in [9.17, 15) is 4.79 Å². The minimum absolute atomic E-state index is 0.0610. The van der Waals surface area contributed by atoms with Crippen LogP contribution in [0.3, 0.4) is 0 Å². The van der Waals surface area contributed by atoms with Gasteiger partial charge in [-0.25, -0.2) is 0 Å². The monoisotopic (exact) mass is 345 g/mol. The molecule has 1 aromatic heterocycles. The first-order valence-electron chi connectivity index (χ1n) is 8.69. The first kappa shape index (κ1) is 18.9. The van der Waals surface area contributed by atoms with Crippen LogP contribution >= 0.6 is 0 Å². The fraction of sp³-hybridized carbons (Fsp3) is 0.556. The lowest BCUT2D eigenvalue weighted by Crippen LogP contribution is -2.35. The van der Waals surface area contributed by atoms with Crippen molar-refractivity contribution in [3.63, 3.8) is 0 Å². The number of ether oxygens (including phenoxy) is 1. The Bertz CT molecular complexity index is 684. The highest BCUT2D eigenvalue weighted by atomic mass is 16.5. The van der Waals surface area contributed by atoms with Gasteiger partial charge in [0.05, 0.1) is 7.11 Å². The molecule has 0 saturated heterocycles. The average Bonchev–Trinajstić information content (AvgIpc) is 3.02. The molecule has 1 atom stereocenters. The lowest BCUT2D eigenvalue weighted by molar-refractivity contribution is -0.122. The van der Waals surface area contributed by atoms with E-state index in [1.807, 2.05) is 31.2 Å². The predicted octanol–water partition coefficient (Wildman–Crippen LogP) is 2.68. The summed E-state index contributed by atoms with van der Waals surface area (Å²) in [6.45, 7) is 6.50. The molecule has 0 aliphatic carbocycles. The molecule has 1 aromatic carbocycles. The molecule has 2 rings (SSSR count). The van der Waals surface area contributed by atoms with Gasteiger partial charge in [0.2, 0.25) is 11.7 Å². The van der Waals surface area contributed by atoms with Gasteiger partial charge in [-0.1, -0.05) is 38.8 Å². The zero-order valence-electron chi connectivity index (χ0n) is 15.4. The molecule has 1 heterocycles. The summed E-state index contributed by atoms with van der Waals surface area (Å²) in [5.74, 6) is 1.78. The van der Waals surface area contributed by atoms with Crippen LogP contribution in [-0.4, -0.2) is 39.3 Å². The molecular formula is C18H27N5O2. The van der Waals surface area contributed by atoms with Crippen molar-refractivity contribution in [2.45, 2.75) is 52.6 Å². The third-order valence-electron chi connectivity index (χ3n) is 3.89. The summed E-state index contributed by atoms with van der Waals surface area (Å²) in [6, 6.07) is 7.56. The van der Waals surface area contributed by atoms with E-state index in [-0.39, 0.29) is 18.5 Å². The van der Waals surface area contributed by atoms with Gasteiger partial charge in [0.15, 0.2) is 0 Å². The van der Waals surface area contributed by atoms with Crippen LogP contribution in [0, 0.1) is 5.92 Å². The summed E-state index contributed by atoms with van der Waals surface area (Å²) < 4.78 is 5.19. The Hall–Kier alpha value is -2.44. The number of benzene rings is 1. The van der Waals surface area contributed by atoms with Crippen molar-refractivity contribution in [2.75, 3.05) is 7.11 Å². The van der Waals surface area contributed by atoms with E-state index >= 15 is 0 Å². The van der Waals surface area contributed by atoms with Crippen LogP contribution in [0.1, 0.15) is 40.0 Å². The molecule has 0 aliphatic rings. The zero-order chi connectivity index (χ0) is 18.2. The second kappa shape index (κ2) is 9.15. The Morgan fingerprint density at radius 1 is 1.28 bits per heavy atom. The van der Waals surface area contributed by atoms with Gasteiger partial charge < -0.3 is 10.1 Å².